The Morgan fingerprint density at radius 3 is 3.06 bits per heavy atom. The average Bonchev–Trinajstić information content (AvgIpc) is 2.79. The number of amidine groups is 1. The summed E-state index contributed by atoms with van der Waals surface area (Å²) in [5.74, 6) is 1.18. The maximum absolute atomic E-state index is 4.47. The normalized spacial score (nSPS) is 18.0. The highest BCUT2D eigenvalue weighted by molar-refractivity contribution is 8.13. The maximum Gasteiger partial charge on any atom is 0.157 e. The lowest BCUT2D eigenvalue weighted by molar-refractivity contribution is 0.711. The minimum absolute atomic E-state index is 0.273. The van der Waals surface area contributed by atoms with Crippen LogP contribution in [0.4, 0.5) is 0 Å². The highest BCUT2D eigenvalue weighted by Gasteiger charge is 2.13. The molecular formula is C11H17N3S2. The molecule has 0 saturated heterocycles. The lowest BCUT2D eigenvalue weighted by Crippen LogP contribution is -2.26. The van der Waals surface area contributed by atoms with Crippen LogP contribution in [-0.2, 0) is 6.42 Å². The number of hydrogen-bond acceptors (Lipinski definition) is 5. The fourth-order valence-electron chi connectivity index (χ4n) is 1.48. The topological polar surface area (TPSA) is 37.3 Å². The van der Waals surface area contributed by atoms with E-state index in [2.05, 4.69) is 29.1 Å². The van der Waals surface area contributed by atoms with Gasteiger partial charge in [0.05, 0.1) is 6.04 Å². The number of nitrogens with zero attached hydrogens (tertiary/aromatic N) is 2. The van der Waals surface area contributed by atoms with E-state index in [-0.39, 0.29) is 6.04 Å². The van der Waals surface area contributed by atoms with Crippen LogP contribution in [0.1, 0.15) is 36.2 Å². The standard InChI is InChI=1S/C11H17N3S2/c1-3-9-7-13-10(16-9)8(2)14-11-12-5-4-6-15-11/h7-8H,3-6H2,1-2H3,(H,12,14). The van der Waals surface area contributed by atoms with Crippen molar-refractivity contribution in [3.05, 3.63) is 16.1 Å². The summed E-state index contributed by atoms with van der Waals surface area (Å²) in [5.41, 5.74) is 0. The molecule has 0 amide bonds. The number of aryl methyl sites for hydroxylation is 1. The molecule has 2 heterocycles. The lowest BCUT2D eigenvalue weighted by Gasteiger charge is -2.17. The van der Waals surface area contributed by atoms with Gasteiger partial charge in [-0.05, 0) is 19.8 Å². The maximum atomic E-state index is 4.47. The molecule has 1 unspecified atom stereocenters. The first-order valence-corrected chi connectivity index (χ1v) is 7.48. The zero-order valence-corrected chi connectivity index (χ0v) is 11.3. The molecule has 0 spiro atoms. The van der Waals surface area contributed by atoms with Crippen molar-refractivity contribution < 1.29 is 0 Å². The number of nitrogens with one attached hydrogen (secondary N) is 1. The van der Waals surface area contributed by atoms with Gasteiger partial charge in [-0.3, -0.25) is 4.99 Å². The van der Waals surface area contributed by atoms with Crippen LogP contribution in [0, 0.1) is 0 Å². The number of thiazole rings is 1. The summed E-state index contributed by atoms with van der Waals surface area (Å²) in [6.07, 6.45) is 4.25. The molecule has 1 atom stereocenters. The summed E-state index contributed by atoms with van der Waals surface area (Å²) >= 11 is 3.61. The van der Waals surface area contributed by atoms with Gasteiger partial charge in [-0.25, -0.2) is 4.98 Å². The fourth-order valence-corrected chi connectivity index (χ4v) is 3.25. The zero-order valence-electron chi connectivity index (χ0n) is 9.69. The highest BCUT2D eigenvalue weighted by Crippen LogP contribution is 2.21. The third kappa shape index (κ3) is 2.98. The second-order valence-corrected chi connectivity index (χ2v) is 6.00. The van der Waals surface area contributed by atoms with Gasteiger partial charge in [-0.15, -0.1) is 11.3 Å². The first kappa shape index (κ1) is 11.9. The monoisotopic (exact) mass is 255 g/mol. The summed E-state index contributed by atoms with van der Waals surface area (Å²) in [7, 11) is 0. The van der Waals surface area contributed by atoms with Gasteiger partial charge in [0.15, 0.2) is 5.17 Å². The molecule has 0 aromatic carbocycles. The molecule has 0 aliphatic carbocycles. The van der Waals surface area contributed by atoms with Gasteiger partial charge in [-0.2, -0.15) is 0 Å². The highest BCUT2D eigenvalue weighted by atomic mass is 32.2. The SMILES string of the molecule is CCc1cnc(C(C)NC2=NCCCS2)s1. The van der Waals surface area contributed by atoms with Crippen LogP contribution in [-0.4, -0.2) is 22.4 Å². The zero-order chi connectivity index (χ0) is 11.4. The van der Waals surface area contributed by atoms with E-state index >= 15 is 0 Å². The summed E-state index contributed by atoms with van der Waals surface area (Å²) in [6.45, 7) is 5.27. The molecule has 1 aliphatic rings. The van der Waals surface area contributed by atoms with Crippen molar-refractivity contribution >= 4 is 28.3 Å². The Labute approximate surface area is 105 Å². The van der Waals surface area contributed by atoms with E-state index in [4.69, 9.17) is 0 Å². The molecule has 1 aromatic rings. The van der Waals surface area contributed by atoms with Crippen LogP contribution in [0.5, 0.6) is 0 Å². The summed E-state index contributed by atoms with van der Waals surface area (Å²) < 4.78 is 0. The molecule has 1 aromatic heterocycles. The van der Waals surface area contributed by atoms with Crippen molar-refractivity contribution in [3.8, 4) is 0 Å². The molecule has 2 rings (SSSR count). The Kier molecular flexibility index (Phi) is 4.23. The van der Waals surface area contributed by atoms with Crippen molar-refractivity contribution in [3.63, 3.8) is 0 Å². The van der Waals surface area contributed by atoms with E-state index in [0.29, 0.717) is 0 Å². The second kappa shape index (κ2) is 5.68. The first-order chi connectivity index (χ1) is 7.79. The van der Waals surface area contributed by atoms with Crippen molar-refractivity contribution in [2.75, 3.05) is 12.3 Å². The molecular weight excluding hydrogens is 238 g/mol. The predicted molar refractivity (Wildman–Crippen MR) is 72.4 cm³/mol. The van der Waals surface area contributed by atoms with Crippen LogP contribution in [0.3, 0.4) is 0 Å². The number of aromatic nitrogens is 1. The molecule has 1 N–H and O–H groups in total. The number of aliphatic imine (C=N–C) groups is 1. The quantitative estimate of drug-likeness (QED) is 0.902. The molecule has 0 bridgehead atoms. The Morgan fingerprint density at radius 2 is 2.44 bits per heavy atom. The van der Waals surface area contributed by atoms with E-state index < -0.39 is 0 Å². The molecule has 5 heteroatoms. The Morgan fingerprint density at radius 1 is 1.56 bits per heavy atom. The Bertz CT molecular complexity index is 373. The lowest BCUT2D eigenvalue weighted by atomic mass is 10.4. The van der Waals surface area contributed by atoms with Gasteiger partial charge < -0.3 is 5.32 Å². The fraction of sp³-hybridized carbons (Fsp3) is 0.636. The first-order valence-electron chi connectivity index (χ1n) is 5.68. The van der Waals surface area contributed by atoms with Crippen LogP contribution >= 0.6 is 23.1 Å². The van der Waals surface area contributed by atoms with E-state index in [1.807, 2.05) is 18.0 Å². The summed E-state index contributed by atoms with van der Waals surface area (Å²) in [6, 6.07) is 0.273. The smallest absolute Gasteiger partial charge is 0.157 e. The largest absolute Gasteiger partial charge is 0.356 e. The van der Waals surface area contributed by atoms with Crippen molar-refractivity contribution in [2.24, 2.45) is 4.99 Å². The van der Waals surface area contributed by atoms with Crippen LogP contribution in [0.25, 0.3) is 0 Å². The van der Waals surface area contributed by atoms with E-state index in [0.717, 1.165) is 23.1 Å². The van der Waals surface area contributed by atoms with Gasteiger partial charge in [0.25, 0.3) is 0 Å². The molecule has 0 fully saturated rings. The third-order valence-electron chi connectivity index (χ3n) is 2.43. The van der Waals surface area contributed by atoms with Crippen LogP contribution in [0.15, 0.2) is 11.2 Å². The Balaban J connectivity index is 1.96. The van der Waals surface area contributed by atoms with Crippen molar-refractivity contribution in [1.82, 2.24) is 10.3 Å². The molecule has 88 valence electrons. The van der Waals surface area contributed by atoms with E-state index in [9.17, 15) is 0 Å². The molecule has 16 heavy (non-hydrogen) atoms. The number of thioether (sulfide) groups is 1. The second-order valence-electron chi connectivity index (χ2n) is 3.77. The minimum atomic E-state index is 0.273. The van der Waals surface area contributed by atoms with Crippen molar-refractivity contribution in [2.45, 2.75) is 32.7 Å². The number of rotatable bonds is 3. The summed E-state index contributed by atoms with van der Waals surface area (Å²) in [4.78, 5) is 10.3. The van der Waals surface area contributed by atoms with Gasteiger partial charge in [0.2, 0.25) is 0 Å². The number of hydrogen-bond donors (Lipinski definition) is 1. The summed E-state index contributed by atoms with van der Waals surface area (Å²) in [5, 5.41) is 5.67. The Hall–Kier alpha value is -0.550. The molecule has 1 aliphatic heterocycles. The third-order valence-corrected chi connectivity index (χ3v) is 4.76. The van der Waals surface area contributed by atoms with Gasteiger partial charge in [-0.1, -0.05) is 18.7 Å². The van der Waals surface area contributed by atoms with Gasteiger partial charge >= 0.3 is 0 Å². The van der Waals surface area contributed by atoms with Crippen molar-refractivity contribution in [1.29, 1.82) is 0 Å². The van der Waals surface area contributed by atoms with Gasteiger partial charge in [0, 0.05) is 23.4 Å². The van der Waals surface area contributed by atoms with E-state index in [1.54, 1.807) is 11.3 Å². The average molecular weight is 255 g/mol. The van der Waals surface area contributed by atoms with Crippen LogP contribution < -0.4 is 5.32 Å². The predicted octanol–water partition coefficient (Wildman–Crippen LogP) is 2.85. The molecule has 0 saturated carbocycles. The molecule has 0 radical (unpaired) electrons. The van der Waals surface area contributed by atoms with E-state index in [1.165, 1.54) is 17.1 Å². The van der Waals surface area contributed by atoms with Gasteiger partial charge in [0.1, 0.15) is 5.01 Å². The minimum Gasteiger partial charge on any atom is -0.356 e. The van der Waals surface area contributed by atoms with Crippen LogP contribution in [0.2, 0.25) is 0 Å². The molecule has 3 nitrogen and oxygen atoms in total.